The van der Waals surface area contributed by atoms with Gasteiger partial charge < -0.3 is 14.8 Å². The summed E-state index contributed by atoms with van der Waals surface area (Å²) in [5.41, 5.74) is -1.46. The Morgan fingerprint density at radius 3 is 2.59 bits per heavy atom. The maximum Gasteiger partial charge on any atom is 0.407 e. The van der Waals surface area contributed by atoms with E-state index in [9.17, 15) is 14.4 Å². The summed E-state index contributed by atoms with van der Waals surface area (Å²) in [5.74, 6) is -0.121. The van der Waals surface area contributed by atoms with Crippen LogP contribution in [0, 0.1) is 34.0 Å². The summed E-state index contributed by atoms with van der Waals surface area (Å²) in [6, 6.07) is -0.420. The van der Waals surface area contributed by atoms with Crippen LogP contribution in [-0.2, 0) is 19.1 Å². The predicted molar refractivity (Wildman–Crippen MR) is 107 cm³/mol. The van der Waals surface area contributed by atoms with Gasteiger partial charge in [-0.3, -0.25) is 9.59 Å². The van der Waals surface area contributed by atoms with Crippen molar-refractivity contribution in [1.29, 1.82) is 0 Å². The summed E-state index contributed by atoms with van der Waals surface area (Å²) in [5, 5.41) is 3.00. The Kier molecular flexibility index (Phi) is 4.45. The van der Waals surface area contributed by atoms with Crippen LogP contribution in [0.15, 0.2) is 12.7 Å². The minimum atomic E-state index is -0.718. The van der Waals surface area contributed by atoms with Gasteiger partial charge >= 0.3 is 12.1 Å². The number of nitrogens with one attached hydrogen (secondary N) is 1. The second-order valence-corrected chi connectivity index (χ2v) is 10.3. The molecule has 0 aromatic heterocycles. The quantitative estimate of drug-likeness (QED) is 0.562. The van der Waals surface area contributed by atoms with E-state index in [1.54, 1.807) is 6.08 Å². The molecule has 6 nitrogen and oxygen atoms in total. The normalized spacial score (nSPS) is 51.1. The van der Waals surface area contributed by atoms with Crippen LogP contribution in [-0.4, -0.2) is 36.1 Å². The predicted octanol–water partition coefficient (Wildman–Crippen LogP) is 3.64. The zero-order valence-electron chi connectivity index (χ0n) is 18.1. The molecule has 3 aliphatic carbocycles. The Balaban J connectivity index is 1.99. The van der Waals surface area contributed by atoms with Gasteiger partial charge in [0.15, 0.2) is 0 Å². The Morgan fingerprint density at radius 1 is 1.28 bits per heavy atom. The van der Waals surface area contributed by atoms with Gasteiger partial charge in [-0.15, -0.1) is 6.58 Å². The Bertz CT molecular complexity index is 779. The minimum Gasteiger partial charge on any atom is -0.461 e. The van der Waals surface area contributed by atoms with Gasteiger partial charge in [-0.2, -0.15) is 0 Å². The molecule has 1 saturated heterocycles. The van der Waals surface area contributed by atoms with Gasteiger partial charge in [0.2, 0.25) is 0 Å². The van der Waals surface area contributed by atoms with Crippen LogP contribution in [0.5, 0.6) is 0 Å². The highest BCUT2D eigenvalue weighted by Crippen LogP contribution is 2.68. The molecule has 0 spiro atoms. The fraction of sp³-hybridized carbons (Fsp3) is 0.783. The van der Waals surface area contributed by atoms with Crippen LogP contribution in [0.2, 0.25) is 0 Å². The maximum atomic E-state index is 13.3. The molecule has 1 aliphatic heterocycles. The van der Waals surface area contributed by atoms with Gasteiger partial charge in [0, 0.05) is 36.0 Å². The lowest BCUT2D eigenvalue weighted by atomic mass is 9.43. The lowest BCUT2D eigenvalue weighted by molar-refractivity contribution is -0.200. The first kappa shape index (κ1) is 20.4. The number of carbonyl (C=O) groups excluding carboxylic acids is 3. The molecular formula is C23H33NO5. The van der Waals surface area contributed by atoms with Crippen molar-refractivity contribution in [3.8, 4) is 0 Å². The van der Waals surface area contributed by atoms with Crippen molar-refractivity contribution in [3.63, 3.8) is 0 Å². The van der Waals surface area contributed by atoms with Crippen molar-refractivity contribution in [2.24, 2.45) is 34.0 Å². The van der Waals surface area contributed by atoms with Gasteiger partial charge in [-0.1, -0.05) is 33.8 Å². The highest BCUT2D eigenvalue weighted by Gasteiger charge is 2.72. The van der Waals surface area contributed by atoms with E-state index in [2.05, 4.69) is 32.7 Å². The van der Waals surface area contributed by atoms with E-state index in [0.717, 1.165) is 19.3 Å². The number of rotatable bonds is 2. The molecule has 0 aromatic rings. The summed E-state index contributed by atoms with van der Waals surface area (Å²) < 4.78 is 11.9. The SMILES string of the molecule is C=C[C@]1(C)[C@@H]2NC(=O)O[C@H]2[C@]2(C)C(C)CC[C@]3(CCC(=O)[C@H]32)[C@@H](C)[C@@H]1OC(C)=O. The second kappa shape index (κ2) is 6.32. The zero-order chi connectivity index (χ0) is 21.4. The van der Waals surface area contributed by atoms with Crippen LogP contribution < -0.4 is 5.32 Å². The number of ketones is 1. The molecule has 3 saturated carbocycles. The van der Waals surface area contributed by atoms with E-state index in [-0.39, 0.29) is 34.9 Å². The number of fused-ring (bicyclic) bond motifs is 2. The molecule has 9 atom stereocenters. The minimum absolute atomic E-state index is 0.0453. The first-order chi connectivity index (χ1) is 13.5. The Labute approximate surface area is 172 Å². The standard InChI is InChI=1S/C23H33NO5/c1-7-21(5)17-19(29-20(27)24-17)22(6)12(2)8-10-23(11-9-15(26)16(22)23)13(3)18(21)28-14(4)25/h7,12-13,16-19H,1,8-11H2,2-6H3,(H,24,27)/t12?,13-,16-,17+,18-,19+,21+,22+,23-/m0/s1. The smallest absolute Gasteiger partial charge is 0.407 e. The third kappa shape index (κ3) is 2.43. The third-order valence-electron chi connectivity index (χ3n) is 9.26. The molecule has 1 amide bonds. The summed E-state index contributed by atoms with van der Waals surface area (Å²) in [6.07, 6.45) is 3.56. The summed E-state index contributed by atoms with van der Waals surface area (Å²) in [6.45, 7) is 13.9. The molecule has 4 rings (SSSR count). The molecule has 4 aliphatic rings. The Hall–Kier alpha value is -1.85. The van der Waals surface area contributed by atoms with Gasteiger partial charge in [-0.05, 0) is 30.6 Å². The highest BCUT2D eigenvalue weighted by molar-refractivity contribution is 5.86. The second-order valence-electron chi connectivity index (χ2n) is 10.3. The molecule has 1 heterocycles. The van der Waals surface area contributed by atoms with Crippen molar-refractivity contribution >= 4 is 17.8 Å². The monoisotopic (exact) mass is 403 g/mol. The molecule has 2 bridgehead atoms. The number of amides is 1. The van der Waals surface area contributed by atoms with E-state index in [4.69, 9.17) is 9.47 Å². The molecule has 29 heavy (non-hydrogen) atoms. The van der Waals surface area contributed by atoms with Gasteiger partial charge in [-0.25, -0.2) is 4.79 Å². The molecule has 0 aromatic carbocycles. The van der Waals surface area contributed by atoms with Crippen LogP contribution in [0.1, 0.15) is 60.3 Å². The number of ether oxygens (including phenoxy) is 2. The van der Waals surface area contributed by atoms with Crippen LogP contribution >= 0.6 is 0 Å². The lowest BCUT2D eigenvalue weighted by Gasteiger charge is -2.62. The number of hydrogen-bond acceptors (Lipinski definition) is 5. The van der Waals surface area contributed by atoms with Crippen LogP contribution in [0.3, 0.4) is 0 Å². The molecule has 1 unspecified atom stereocenters. The maximum absolute atomic E-state index is 13.3. The number of hydrogen-bond donors (Lipinski definition) is 1. The third-order valence-corrected chi connectivity index (χ3v) is 9.26. The van der Waals surface area contributed by atoms with Gasteiger partial charge in [0.25, 0.3) is 0 Å². The molecular weight excluding hydrogens is 370 g/mol. The number of Topliss-reactive ketones (excluding diaryl/α,β-unsaturated/α-hetero) is 1. The summed E-state index contributed by atoms with van der Waals surface area (Å²) >= 11 is 0. The molecule has 6 heteroatoms. The van der Waals surface area contributed by atoms with E-state index in [1.807, 2.05) is 6.92 Å². The van der Waals surface area contributed by atoms with E-state index < -0.39 is 35.2 Å². The van der Waals surface area contributed by atoms with E-state index in [1.165, 1.54) is 6.92 Å². The average molecular weight is 404 g/mol. The largest absolute Gasteiger partial charge is 0.461 e. The molecule has 1 N–H and O–H groups in total. The summed E-state index contributed by atoms with van der Waals surface area (Å²) in [7, 11) is 0. The summed E-state index contributed by atoms with van der Waals surface area (Å²) in [4.78, 5) is 37.9. The number of esters is 1. The zero-order valence-corrected chi connectivity index (χ0v) is 18.1. The van der Waals surface area contributed by atoms with Crippen molar-refractivity contribution in [2.45, 2.75) is 78.6 Å². The lowest BCUT2D eigenvalue weighted by Crippen LogP contribution is -2.68. The van der Waals surface area contributed by atoms with Crippen molar-refractivity contribution in [1.82, 2.24) is 5.32 Å². The highest BCUT2D eigenvalue weighted by atomic mass is 16.6. The van der Waals surface area contributed by atoms with Gasteiger partial charge in [0.1, 0.15) is 18.0 Å². The van der Waals surface area contributed by atoms with E-state index >= 15 is 0 Å². The van der Waals surface area contributed by atoms with Crippen molar-refractivity contribution < 1.29 is 23.9 Å². The topological polar surface area (TPSA) is 81.7 Å². The van der Waals surface area contributed by atoms with Gasteiger partial charge in [0.05, 0.1) is 6.04 Å². The average Bonchev–Trinajstić information content (AvgIpc) is 3.23. The fourth-order valence-corrected chi connectivity index (χ4v) is 7.50. The fourth-order valence-electron chi connectivity index (χ4n) is 7.50. The molecule has 160 valence electrons. The van der Waals surface area contributed by atoms with Crippen molar-refractivity contribution in [3.05, 3.63) is 12.7 Å². The first-order valence-corrected chi connectivity index (χ1v) is 10.8. The number of carbonyl (C=O) groups is 3. The first-order valence-electron chi connectivity index (χ1n) is 10.8. The Morgan fingerprint density at radius 2 is 1.97 bits per heavy atom. The molecule has 0 radical (unpaired) electrons. The van der Waals surface area contributed by atoms with Crippen LogP contribution in [0.25, 0.3) is 0 Å². The molecule has 4 fully saturated rings. The van der Waals surface area contributed by atoms with E-state index in [0.29, 0.717) is 6.42 Å². The van der Waals surface area contributed by atoms with Crippen molar-refractivity contribution in [2.75, 3.05) is 0 Å². The number of alkyl carbamates (subject to hydrolysis) is 1. The van der Waals surface area contributed by atoms with Crippen LogP contribution in [0.4, 0.5) is 4.79 Å².